The Bertz CT molecular complexity index is 1270. The summed E-state index contributed by atoms with van der Waals surface area (Å²) in [6.07, 6.45) is 0.500. The number of pyridine rings is 2. The van der Waals surface area contributed by atoms with E-state index in [9.17, 15) is 14.7 Å². The number of nitrogens with one attached hydrogen (secondary N) is 1. The first-order chi connectivity index (χ1) is 17.1. The second kappa shape index (κ2) is 11.4. The van der Waals surface area contributed by atoms with Gasteiger partial charge in [0, 0.05) is 29.9 Å². The lowest BCUT2D eigenvalue weighted by atomic mass is 9.95. The zero-order chi connectivity index (χ0) is 26.3. The molecule has 0 aliphatic heterocycles. The molecule has 0 bridgehead atoms. The van der Waals surface area contributed by atoms with Gasteiger partial charge < -0.3 is 15.2 Å². The Labute approximate surface area is 211 Å². The van der Waals surface area contributed by atoms with Gasteiger partial charge in [-0.15, -0.1) is 0 Å². The molecule has 3 rings (SSSR count). The summed E-state index contributed by atoms with van der Waals surface area (Å²) >= 11 is 0. The summed E-state index contributed by atoms with van der Waals surface area (Å²) in [7, 11) is 1.54. The second-order valence-corrected chi connectivity index (χ2v) is 9.47. The molecular weight excluding hydrogens is 456 g/mol. The van der Waals surface area contributed by atoms with Crippen LogP contribution < -0.4 is 10.1 Å². The Hall–Kier alpha value is -4.38. The van der Waals surface area contributed by atoms with E-state index in [0.29, 0.717) is 11.6 Å². The fraction of sp³-hybridized carbons (Fsp3) is 0.286. The third-order valence-electron chi connectivity index (χ3n) is 5.20. The van der Waals surface area contributed by atoms with E-state index < -0.39 is 18.0 Å². The molecular formula is C28H30N4O4. The molecule has 1 atom stereocenters. The van der Waals surface area contributed by atoms with Crippen molar-refractivity contribution in [2.45, 2.75) is 33.7 Å². The number of rotatable bonds is 6. The molecule has 8 nitrogen and oxygen atoms in total. The van der Waals surface area contributed by atoms with Crippen LogP contribution in [0.1, 0.15) is 39.0 Å². The van der Waals surface area contributed by atoms with Crippen molar-refractivity contribution in [3.8, 4) is 28.8 Å². The number of carbonyl (C=O) groups is 2. The minimum atomic E-state index is -1.16. The molecule has 36 heavy (non-hydrogen) atoms. The van der Waals surface area contributed by atoms with E-state index in [-0.39, 0.29) is 17.8 Å². The SMILES string of the molecule is COc1ccc(-c2cc(C#Cc3ccccc3)nc(NC(=O)C(C)N(CC(C)(C)C)C(=O)O)c2)cn1. The predicted octanol–water partition coefficient (Wildman–Crippen LogP) is 4.91. The number of ether oxygens (including phenoxy) is 1. The maximum Gasteiger partial charge on any atom is 0.407 e. The molecule has 1 aromatic carbocycles. The van der Waals surface area contributed by atoms with Gasteiger partial charge in [0.1, 0.15) is 17.6 Å². The number of benzene rings is 1. The Morgan fingerprint density at radius 3 is 2.39 bits per heavy atom. The van der Waals surface area contributed by atoms with Crippen molar-refractivity contribution in [3.63, 3.8) is 0 Å². The molecule has 2 aromatic heterocycles. The molecule has 0 aliphatic rings. The molecule has 0 spiro atoms. The van der Waals surface area contributed by atoms with Crippen LogP contribution in [0.15, 0.2) is 60.8 Å². The number of hydrogen-bond acceptors (Lipinski definition) is 5. The van der Waals surface area contributed by atoms with Gasteiger partial charge in [-0.05, 0) is 54.2 Å². The number of anilines is 1. The van der Waals surface area contributed by atoms with Crippen molar-refractivity contribution in [1.82, 2.24) is 14.9 Å². The highest BCUT2D eigenvalue weighted by molar-refractivity contribution is 5.96. The molecule has 8 heteroatoms. The predicted molar refractivity (Wildman–Crippen MR) is 139 cm³/mol. The molecule has 0 saturated heterocycles. The highest BCUT2D eigenvalue weighted by atomic mass is 16.5. The van der Waals surface area contributed by atoms with Crippen LogP contribution in [0.25, 0.3) is 11.1 Å². The van der Waals surface area contributed by atoms with Crippen LogP contribution in [0, 0.1) is 17.3 Å². The number of carboxylic acid groups (broad SMARTS) is 1. The molecule has 1 unspecified atom stereocenters. The first-order valence-corrected chi connectivity index (χ1v) is 11.5. The van der Waals surface area contributed by atoms with Gasteiger partial charge in [-0.3, -0.25) is 9.69 Å². The number of nitrogens with zero attached hydrogens (tertiary/aromatic N) is 3. The maximum absolute atomic E-state index is 13.0. The molecule has 2 amide bonds. The van der Waals surface area contributed by atoms with E-state index >= 15 is 0 Å². The van der Waals surface area contributed by atoms with Crippen LogP contribution in [0.3, 0.4) is 0 Å². The lowest BCUT2D eigenvalue weighted by Gasteiger charge is -2.31. The fourth-order valence-corrected chi connectivity index (χ4v) is 3.41. The number of carbonyl (C=O) groups excluding carboxylic acids is 1. The quantitative estimate of drug-likeness (QED) is 0.480. The zero-order valence-electron chi connectivity index (χ0n) is 21.1. The number of methoxy groups -OCH3 is 1. The largest absolute Gasteiger partial charge is 0.481 e. The van der Waals surface area contributed by atoms with Crippen molar-refractivity contribution in [1.29, 1.82) is 0 Å². The Morgan fingerprint density at radius 1 is 1.08 bits per heavy atom. The summed E-state index contributed by atoms with van der Waals surface area (Å²) in [5.41, 5.74) is 2.48. The van der Waals surface area contributed by atoms with E-state index in [0.717, 1.165) is 21.6 Å². The minimum absolute atomic E-state index is 0.204. The normalized spacial score (nSPS) is 11.6. The van der Waals surface area contributed by atoms with Crippen LogP contribution in [0.5, 0.6) is 5.88 Å². The summed E-state index contributed by atoms with van der Waals surface area (Å²) in [5, 5.41) is 12.4. The van der Waals surface area contributed by atoms with E-state index in [2.05, 4.69) is 27.1 Å². The Morgan fingerprint density at radius 2 is 1.81 bits per heavy atom. The van der Waals surface area contributed by atoms with Crippen molar-refractivity contribution in [2.24, 2.45) is 5.41 Å². The summed E-state index contributed by atoms with van der Waals surface area (Å²) in [6.45, 7) is 7.51. The van der Waals surface area contributed by atoms with Crippen LogP contribution in [-0.4, -0.2) is 51.7 Å². The van der Waals surface area contributed by atoms with Gasteiger partial charge >= 0.3 is 6.09 Å². The highest BCUT2D eigenvalue weighted by Gasteiger charge is 2.29. The summed E-state index contributed by atoms with van der Waals surface area (Å²) in [4.78, 5) is 34.8. The van der Waals surface area contributed by atoms with Gasteiger partial charge in [0.25, 0.3) is 0 Å². The molecule has 2 N–H and O–H groups in total. The van der Waals surface area contributed by atoms with Crippen molar-refractivity contribution >= 4 is 17.8 Å². The van der Waals surface area contributed by atoms with Gasteiger partial charge in [0.05, 0.1) is 7.11 Å². The van der Waals surface area contributed by atoms with Crippen LogP contribution in [0.2, 0.25) is 0 Å². The minimum Gasteiger partial charge on any atom is -0.481 e. The number of hydrogen-bond donors (Lipinski definition) is 2. The van der Waals surface area contributed by atoms with Crippen LogP contribution in [0.4, 0.5) is 10.6 Å². The lowest BCUT2D eigenvalue weighted by molar-refractivity contribution is -0.120. The lowest BCUT2D eigenvalue weighted by Crippen LogP contribution is -2.48. The van der Waals surface area contributed by atoms with Crippen molar-refractivity contribution < 1.29 is 19.4 Å². The monoisotopic (exact) mass is 486 g/mol. The van der Waals surface area contributed by atoms with E-state index in [1.165, 1.54) is 0 Å². The third kappa shape index (κ3) is 7.31. The highest BCUT2D eigenvalue weighted by Crippen LogP contribution is 2.24. The van der Waals surface area contributed by atoms with E-state index in [4.69, 9.17) is 4.74 Å². The van der Waals surface area contributed by atoms with Crippen molar-refractivity contribution in [2.75, 3.05) is 19.0 Å². The first kappa shape index (κ1) is 26.2. The molecule has 0 radical (unpaired) electrons. The standard InChI is InChI=1S/C28H30N4O4/c1-19(32(27(34)35)18-28(2,3)4)26(33)31-24-16-22(21-12-14-25(36-5)29-17-21)15-23(30-24)13-11-20-9-7-6-8-10-20/h6-10,12,14-17,19H,18H2,1-5H3,(H,34,35)(H,30,31,33). The summed E-state index contributed by atoms with van der Waals surface area (Å²) in [6, 6.07) is 15.7. The molecule has 3 aromatic rings. The average Bonchev–Trinajstić information content (AvgIpc) is 2.85. The van der Waals surface area contributed by atoms with Gasteiger partial charge in [-0.25, -0.2) is 14.8 Å². The smallest absolute Gasteiger partial charge is 0.407 e. The second-order valence-electron chi connectivity index (χ2n) is 9.47. The molecule has 2 heterocycles. The fourth-order valence-electron chi connectivity index (χ4n) is 3.41. The van der Waals surface area contributed by atoms with Gasteiger partial charge in [-0.1, -0.05) is 44.9 Å². The van der Waals surface area contributed by atoms with E-state index in [1.54, 1.807) is 32.4 Å². The molecule has 186 valence electrons. The number of aromatic nitrogens is 2. The molecule has 0 aliphatic carbocycles. The van der Waals surface area contributed by atoms with Gasteiger partial charge in [-0.2, -0.15) is 0 Å². The summed E-state index contributed by atoms with van der Waals surface area (Å²) < 4.78 is 5.14. The average molecular weight is 487 g/mol. The Balaban J connectivity index is 1.95. The topological polar surface area (TPSA) is 105 Å². The van der Waals surface area contributed by atoms with Crippen LogP contribution in [-0.2, 0) is 4.79 Å². The Kier molecular flexibility index (Phi) is 8.28. The first-order valence-electron chi connectivity index (χ1n) is 11.5. The van der Waals surface area contributed by atoms with E-state index in [1.807, 2.05) is 63.2 Å². The summed E-state index contributed by atoms with van der Waals surface area (Å²) in [5.74, 6) is 6.38. The maximum atomic E-state index is 13.0. The molecule has 0 fully saturated rings. The van der Waals surface area contributed by atoms with Gasteiger partial charge in [0.15, 0.2) is 0 Å². The van der Waals surface area contributed by atoms with Crippen LogP contribution >= 0.6 is 0 Å². The number of amides is 2. The molecule has 0 saturated carbocycles. The third-order valence-corrected chi connectivity index (χ3v) is 5.20. The van der Waals surface area contributed by atoms with Gasteiger partial charge in [0.2, 0.25) is 11.8 Å². The van der Waals surface area contributed by atoms with Crippen molar-refractivity contribution in [3.05, 3.63) is 72.1 Å². The zero-order valence-corrected chi connectivity index (χ0v) is 21.1.